The first-order valence-corrected chi connectivity index (χ1v) is 7.91. The summed E-state index contributed by atoms with van der Waals surface area (Å²) < 4.78 is 0. The number of nitrogens with one attached hydrogen (secondary N) is 1. The fraction of sp³-hybridized carbons (Fsp3) is 0.533. The molecular formula is C15H21N3S. The van der Waals surface area contributed by atoms with Crippen molar-refractivity contribution in [2.45, 2.75) is 43.9 Å². The second-order valence-electron chi connectivity index (χ2n) is 4.98. The number of anilines is 2. The largest absolute Gasteiger partial charge is 0.398 e. The number of nitrogen functional groups attached to an aromatic ring is 1. The minimum Gasteiger partial charge on any atom is -0.398 e. The van der Waals surface area contributed by atoms with E-state index in [9.17, 15) is 0 Å². The zero-order chi connectivity index (χ0) is 13.7. The molecule has 1 aromatic rings. The first-order chi connectivity index (χ1) is 9.22. The third-order valence-electron chi connectivity index (χ3n) is 3.57. The molecule has 0 bridgehead atoms. The van der Waals surface area contributed by atoms with Gasteiger partial charge in [-0.05, 0) is 48.8 Å². The van der Waals surface area contributed by atoms with Crippen LogP contribution in [-0.2, 0) is 6.42 Å². The molecule has 102 valence electrons. The van der Waals surface area contributed by atoms with Crippen LogP contribution in [0.2, 0.25) is 0 Å². The Bertz CT molecular complexity index is 467. The van der Waals surface area contributed by atoms with E-state index in [4.69, 9.17) is 11.0 Å². The zero-order valence-electron chi connectivity index (χ0n) is 11.4. The molecule has 2 unspecified atom stereocenters. The van der Waals surface area contributed by atoms with Gasteiger partial charge in [0.15, 0.2) is 0 Å². The zero-order valence-corrected chi connectivity index (χ0v) is 12.2. The van der Waals surface area contributed by atoms with E-state index in [1.165, 1.54) is 25.0 Å². The lowest BCUT2D eigenvalue weighted by Crippen LogP contribution is -2.16. The Hall–Kier alpha value is -1.34. The molecule has 0 spiro atoms. The van der Waals surface area contributed by atoms with Crippen LogP contribution in [0.1, 0.15) is 31.7 Å². The van der Waals surface area contributed by atoms with Crippen LogP contribution < -0.4 is 11.1 Å². The molecule has 0 saturated heterocycles. The van der Waals surface area contributed by atoms with Gasteiger partial charge in [-0.3, -0.25) is 0 Å². The van der Waals surface area contributed by atoms with Gasteiger partial charge in [0, 0.05) is 22.7 Å². The first kappa shape index (κ1) is 14.1. The molecule has 0 radical (unpaired) electrons. The molecule has 1 aliphatic carbocycles. The predicted molar refractivity (Wildman–Crippen MR) is 83.4 cm³/mol. The van der Waals surface area contributed by atoms with E-state index >= 15 is 0 Å². The number of thioether (sulfide) groups is 1. The van der Waals surface area contributed by atoms with Gasteiger partial charge in [0.05, 0.1) is 12.5 Å². The van der Waals surface area contributed by atoms with Gasteiger partial charge in [0.25, 0.3) is 0 Å². The van der Waals surface area contributed by atoms with Crippen LogP contribution in [0.3, 0.4) is 0 Å². The average Bonchev–Trinajstić information content (AvgIpc) is 2.82. The maximum Gasteiger partial charge on any atom is 0.0670 e. The molecule has 1 aliphatic rings. The van der Waals surface area contributed by atoms with Crippen molar-refractivity contribution in [3.05, 3.63) is 23.8 Å². The lowest BCUT2D eigenvalue weighted by Gasteiger charge is -2.15. The summed E-state index contributed by atoms with van der Waals surface area (Å²) in [5, 5.41) is 13.2. The normalized spacial score (nSPS) is 22.1. The van der Waals surface area contributed by atoms with Gasteiger partial charge in [-0.25, -0.2) is 0 Å². The predicted octanol–water partition coefficient (Wildman–Crippen LogP) is 3.42. The van der Waals surface area contributed by atoms with Crippen molar-refractivity contribution in [1.29, 1.82) is 5.26 Å². The van der Waals surface area contributed by atoms with Gasteiger partial charge < -0.3 is 11.1 Å². The van der Waals surface area contributed by atoms with Crippen molar-refractivity contribution in [3.8, 4) is 6.07 Å². The van der Waals surface area contributed by atoms with E-state index in [0.29, 0.717) is 18.2 Å². The van der Waals surface area contributed by atoms with Gasteiger partial charge in [0.2, 0.25) is 0 Å². The number of nitrogens with zero attached hydrogens (tertiary/aromatic N) is 1. The topological polar surface area (TPSA) is 61.8 Å². The molecule has 0 heterocycles. The van der Waals surface area contributed by atoms with Crippen LogP contribution in [0, 0.1) is 11.3 Å². The molecule has 1 aromatic carbocycles. The van der Waals surface area contributed by atoms with E-state index in [1.807, 2.05) is 18.2 Å². The number of nitriles is 1. The molecule has 2 rings (SSSR count). The monoisotopic (exact) mass is 275 g/mol. The number of benzene rings is 1. The Labute approximate surface area is 119 Å². The third kappa shape index (κ3) is 3.81. The molecule has 4 heteroatoms. The summed E-state index contributed by atoms with van der Waals surface area (Å²) in [5.41, 5.74) is 8.58. The van der Waals surface area contributed by atoms with Crippen LogP contribution in [0.4, 0.5) is 11.4 Å². The molecule has 19 heavy (non-hydrogen) atoms. The summed E-state index contributed by atoms with van der Waals surface area (Å²) in [6, 6.07) is 8.63. The number of hydrogen-bond donors (Lipinski definition) is 2. The van der Waals surface area contributed by atoms with E-state index < -0.39 is 0 Å². The number of rotatable bonds is 5. The van der Waals surface area contributed by atoms with Crippen molar-refractivity contribution in [2.75, 3.05) is 16.8 Å². The van der Waals surface area contributed by atoms with Crippen LogP contribution in [0.15, 0.2) is 18.2 Å². The minimum absolute atomic E-state index is 0.375. The standard InChI is InChI=1S/C15H21N3S/c1-2-19-14-5-3-13(10-14)18-12-4-6-15(17)11(9-12)7-8-16/h4,6,9,13-14,18H,2-3,5,7,10,17H2,1H3. The van der Waals surface area contributed by atoms with Gasteiger partial charge in [-0.15, -0.1) is 0 Å². The van der Waals surface area contributed by atoms with E-state index in [-0.39, 0.29) is 0 Å². The molecule has 3 N–H and O–H groups in total. The summed E-state index contributed by atoms with van der Waals surface area (Å²) in [6.45, 7) is 2.22. The summed E-state index contributed by atoms with van der Waals surface area (Å²) in [5.74, 6) is 1.20. The van der Waals surface area contributed by atoms with Gasteiger partial charge in [-0.2, -0.15) is 17.0 Å². The molecular weight excluding hydrogens is 254 g/mol. The molecule has 0 amide bonds. The van der Waals surface area contributed by atoms with Crippen LogP contribution in [0.25, 0.3) is 0 Å². The Morgan fingerprint density at radius 2 is 2.32 bits per heavy atom. The Morgan fingerprint density at radius 1 is 1.47 bits per heavy atom. The van der Waals surface area contributed by atoms with Gasteiger partial charge in [-0.1, -0.05) is 6.92 Å². The van der Waals surface area contributed by atoms with E-state index in [0.717, 1.165) is 16.5 Å². The SMILES string of the molecule is CCSC1CCC(Nc2ccc(N)c(CC#N)c2)C1. The third-order valence-corrected chi connectivity index (χ3v) is 4.80. The Morgan fingerprint density at radius 3 is 3.05 bits per heavy atom. The van der Waals surface area contributed by atoms with E-state index in [1.54, 1.807) is 0 Å². The summed E-state index contributed by atoms with van der Waals surface area (Å²) in [6.07, 6.45) is 4.14. The molecule has 2 atom stereocenters. The maximum absolute atomic E-state index is 8.78. The van der Waals surface area contributed by atoms with Crippen LogP contribution in [-0.4, -0.2) is 17.0 Å². The second kappa shape index (κ2) is 6.72. The minimum atomic E-state index is 0.375. The average molecular weight is 275 g/mol. The number of nitrogens with two attached hydrogens (primary N) is 1. The highest BCUT2D eigenvalue weighted by Crippen LogP contribution is 2.32. The Kier molecular flexibility index (Phi) is 4.98. The molecule has 3 nitrogen and oxygen atoms in total. The first-order valence-electron chi connectivity index (χ1n) is 6.86. The molecule has 0 aromatic heterocycles. The molecule has 1 fully saturated rings. The Balaban J connectivity index is 1.96. The van der Waals surface area contributed by atoms with Crippen LogP contribution in [0.5, 0.6) is 0 Å². The van der Waals surface area contributed by atoms with Gasteiger partial charge in [0.1, 0.15) is 0 Å². The van der Waals surface area contributed by atoms with E-state index in [2.05, 4.69) is 30.1 Å². The fourth-order valence-electron chi connectivity index (χ4n) is 2.63. The highest BCUT2D eigenvalue weighted by molar-refractivity contribution is 7.99. The second-order valence-corrected chi connectivity index (χ2v) is 6.56. The van der Waals surface area contributed by atoms with Gasteiger partial charge >= 0.3 is 0 Å². The summed E-state index contributed by atoms with van der Waals surface area (Å²) >= 11 is 2.06. The van der Waals surface area contributed by atoms with Crippen molar-refractivity contribution in [2.24, 2.45) is 0 Å². The van der Waals surface area contributed by atoms with Crippen molar-refractivity contribution in [3.63, 3.8) is 0 Å². The lowest BCUT2D eigenvalue weighted by molar-refractivity contribution is 0.757. The smallest absolute Gasteiger partial charge is 0.0670 e. The number of hydrogen-bond acceptors (Lipinski definition) is 4. The molecule has 1 saturated carbocycles. The quantitative estimate of drug-likeness (QED) is 0.808. The fourth-order valence-corrected chi connectivity index (χ4v) is 3.77. The highest BCUT2D eigenvalue weighted by Gasteiger charge is 2.24. The van der Waals surface area contributed by atoms with Crippen molar-refractivity contribution < 1.29 is 0 Å². The summed E-state index contributed by atoms with van der Waals surface area (Å²) in [7, 11) is 0. The summed E-state index contributed by atoms with van der Waals surface area (Å²) in [4.78, 5) is 0. The highest BCUT2D eigenvalue weighted by atomic mass is 32.2. The lowest BCUT2D eigenvalue weighted by atomic mass is 10.1. The van der Waals surface area contributed by atoms with Crippen molar-refractivity contribution in [1.82, 2.24) is 0 Å². The molecule has 0 aliphatic heterocycles. The van der Waals surface area contributed by atoms with Crippen molar-refractivity contribution >= 4 is 23.1 Å². The van der Waals surface area contributed by atoms with Crippen LogP contribution >= 0.6 is 11.8 Å². The maximum atomic E-state index is 8.78.